The summed E-state index contributed by atoms with van der Waals surface area (Å²) in [5.41, 5.74) is 0. The Balaban J connectivity index is 2.13. The van der Waals surface area contributed by atoms with Crippen molar-refractivity contribution >= 4 is 0 Å². The first-order valence-electron chi connectivity index (χ1n) is 19.3. The van der Waals surface area contributed by atoms with Crippen LogP contribution >= 0.6 is 0 Å². The van der Waals surface area contributed by atoms with Gasteiger partial charge in [0.1, 0.15) is 0 Å². The lowest BCUT2D eigenvalue weighted by atomic mass is 9.98. The molecule has 0 aromatic carbocycles. The van der Waals surface area contributed by atoms with Crippen LogP contribution in [0.5, 0.6) is 0 Å². The molecule has 1 rings (SSSR count). The first-order valence-corrected chi connectivity index (χ1v) is 19.3. The van der Waals surface area contributed by atoms with E-state index in [1.165, 1.54) is 122 Å². The number of hydrogen-bond acceptors (Lipinski definition) is 3. The molecule has 1 fully saturated rings. The van der Waals surface area contributed by atoms with Crippen molar-refractivity contribution in [3.05, 3.63) is 48.6 Å². The molecule has 1 N–H and O–H groups in total. The Morgan fingerprint density at radius 3 is 1.41 bits per heavy atom. The molecule has 2 atom stereocenters. The van der Waals surface area contributed by atoms with E-state index in [0.717, 1.165) is 58.0 Å². The summed E-state index contributed by atoms with van der Waals surface area (Å²) >= 11 is 0. The Bertz CT molecular complexity index is 726. The molecule has 0 radical (unpaired) electrons. The number of hydrogen-bond donors (Lipinski definition) is 1. The van der Waals surface area contributed by atoms with Crippen LogP contribution in [0, 0.1) is 0 Å². The normalized spacial score (nSPS) is 17.8. The van der Waals surface area contributed by atoms with Crippen molar-refractivity contribution in [2.75, 3.05) is 20.1 Å². The van der Waals surface area contributed by atoms with Crippen LogP contribution < -0.4 is 0 Å². The van der Waals surface area contributed by atoms with Crippen molar-refractivity contribution in [3.63, 3.8) is 0 Å². The quantitative estimate of drug-likeness (QED) is 0.0479. The molecule has 256 valence electrons. The average Bonchev–Trinajstić information content (AvgIpc) is 3.42. The monoisotopic (exact) mass is 614 g/mol. The molecule has 1 aliphatic rings. The van der Waals surface area contributed by atoms with Gasteiger partial charge in [-0.1, -0.05) is 140 Å². The molecule has 0 aromatic rings. The van der Waals surface area contributed by atoms with Crippen LogP contribution in [-0.2, 0) is 4.74 Å². The first-order chi connectivity index (χ1) is 21.6. The van der Waals surface area contributed by atoms with Crippen molar-refractivity contribution in [3.8, 4) is 0 Å². The molecule has 1 heterocycles. The van der Waals surface area contributed by atoms with Gasteiger partial charge >= 0.3 is 0 Å². The van der Waals surface area contributed by atoms with Gasteiger partial charge in [-0.05, 0) is 84.1 Å². The van der Waals surface area contributed by atoms with E-state index in [9.17, 15) is 5.11 Å². The molecule has 3 heteroatoms. The highest BCUT2D eigenvalue weighted by Gasteiger charge is 2.33. The second kappa shape index (κ2) is 30.5. The summed E-state index contributed by atoms with van der Waals surface area (Å²) in [6, 6.07) is 0. The van der Waals surface area contributed by atoms with E-state index in [1.54, 1.807) is 0 Å². The fourth-order valence-corrected chi connectivity index (χ4v) is 6.13. The van der Waals surface area contributed by atoms with E-state index in [-0.39, 0.29) is 6.10 Å². The van der Waals surface area contributed by atoms with E-state index < -0.39 is 5.79 Å². The number of allylic oxidation sites excluding steroid dienone is 8. The summed E-state index contributed by atoms with van der Waals surface area (Å²) in [5.74, 6) is -0.930. The molecule has 44 heavy (non-hydrogen) atoms. The lowest BCUT2D eigenvalue weighted by Gasteiger charge is -2.32. The van der Waals surface area contributed by atoms with Gasteiger partial charge in [-0.2, -0.15) is 0 Å². The van der Waals surface area contributed by atoms with Crippen LogP contribution in [0.4, 0.5) is 0 Å². The molecular weight excluding hydrogens is 538 g/mol. The van der Waals surface area contributed by atoms with E-state index in [2.05, 4.69) is 74.4 Å². The second-order valence-electron chi connectivity index (χ2n) is 13.6. The average molecular weight is 614 g/mol. The van der Waals surface area contributed by atoms with Crippen LogP contribution in [0.1, 0.15) is 181 Å². The van der Waals surface area contributed by atoms with Crippen LogP contribution in [0.25, 0.3) is 0 Å². The fourth-order valence-electron chi connectivity index (χ4n) is 6.13. The minimum Gasteiger partial charge on any atom is -0.365 e. The Kier molecular flexibility index (Phi) is 28.3. The second-order valence-corrected chi connectivity index (χ2v) is 13.6. The van der Waals surface area contributed by atoms with E-state index in [0.29, 0.717) is 0 Å². The highest BCUT2D eigenvalue weighted by molar-refractivity contribution is 4.93. The maximum atomic E-state index is 11.5. The molecule has 0 amide bonds. The minimum atomic E-state index is -0.930. The van der Waals surface area contributed by atoms with E-state index in [1.807, 2.05) is 0 Å². The predicted molar refractivity (Wildman–Crippen MR) is 195 cm³/mol. The Hall–Kier alpha value is -1.16. The van der Waals surface area contributed by atoms with Gasteiger partial charge in [-0.3, -0.25) is 0 Å². The van der Waals surface area contributed by atoms with Gasteiger partial charge < -0.3 is 14.7 Å². The summed E-state index contributed by atoms with van der Waals surface area (Å²) < 4.78 is 6.40. The zero-order chi connectivity index (χ0) is 31.8. The highest BCUT2D eigenvalue weighted by Crippen LogP contribution is 2.28. The lowest BCUT2D eigenvalue weighted by Crippen LogP contribution is -2.37. The van der Waals surface area contributed by atoms with Gasteiger partial charge in [0.05, 0.1) is 6.10 Å². The number of likely N-dealkylation sites (N-methyl/N-ethyl adjacent to an activating group) is 1. The van der Waals surface area contributed by atoms with Crippen LogP contribution in [0.2, 0.25) is 0 Å². The van der Waals surface area contributed by atoms with Gasteiger partial charge in [0.25, 0.3) is 0 Å². The number of ether oxygens (including phenoxy) is 1. The van der Waals surface area contributed by atoms with Crippen molar-refractivity contribution < 1.29 is 9.84 Å². The molecule has 0 aliphatic carbocycles. The third-order valence-electron chi connectivity index (χ3n) is 9.02. The van der Waals surface area contributed by atoms with Crippen LogP contribution in [0.3, 0.4) is 0 Å². The fraction of sp³-hybridized carbons (Fsp3) is 0.805. The van der Waals surface area contributed by atoms with E-state index in [4.69, 9.17) is 4.74 Å². The minimum absolute atomic E-state index is 0.189. The standard InChI is InChI=1S/C41H75NO2/c1-4-6-8-10-12-14-16-18-20-22-24-26-28-30-32-34-37-41(43,44-40-35-38-42(3)39-40)36-33-31-29-27-25-23-21-19-17-15-13-11-9-7-5-2/h11-14,17-20,40,43H,4-10,15-16,21-39H2,1-3H3/b13-11-,14-12-,19-17-,20-18-. The molecule has 0 bridgehead atoms. The highest BCUT2D eigenvalue weighted by atomic mass is 16.6. The topological polar surface area (TPSA) is 32.7 Å². The maximum Gasteiger partial charge on any atom is 0.165 e. The number of likely N-dealkylation sites (tertiary alicyclic amines) is 1. The van der Waals surface area contributed by atoms with Crippen LogP contribution in [-0.4, -0.2) is 42.0 Å². The summed E-state index contributed by atoms with van der Waals surface area (Å²) in [5, 5.41) is 11.5. The van der Waals surface area contributed by atoms with Gasteiger partial charge in [0.2, 0.25) is 0 Å². The summed E-state index contributed by atoms with van der Waals surface area (Å²) in [4.78, 5) is 2.32. The Labute approximate surface area is 275 Å². The lowest BCUT2D eigenvalue weighted by molar-refractivity contribution is -0.235. The third-order valence-corrected chi connectivity index (χ3v) is 9.02. The van der Waals surface area contributed by atoms with Gasteiger partial charge in [-0.25, -0.2) is 0 Å². The summed E-state index contributed by atoms with van der Waals surface area (Å²) in [6.07, 6.45) is 50.1. The number of unbranched alkanes of at least 4 members (excludes halogenated alkanes) is 17. The Morgan fingerprint density at radius 1 is 0.568 bits per heavy atom. The molecule has 0 aromatic heterocycles. The molecule has 3 nitrogen and oxygen atoms in total. The summed E-state index contributed by atoms with van der Waals surface area (Å²) in [6.45, 7) is 6.54. The number of rotatable bonds is 31. The van der Waals surface area contributed by atoms with Crippen molar-refractivity contribution in [1.29, 1.82) is 0 Å². The molecular formula is C41H75NO2. The smallest absolute Gasteiger partial charge is 0.165 e. The molecule has 2 unspecified atom stereocenters. The third kappa shape index (κ3) is 26.1. The largest absolute Gasteiger partial charge is 0.365 e. The van der Waals surface area contributed by atoms with Crippen LogP contribution in [0.15, 0.2) is 48.6 Å². The molecule has 1 aliphatic heterocycles. The first kappa shape index (κ1) is 40.9. The number of aliphatic hydroxyl groups is 1. The predicted octanol–water partition coefficient (Wildman–Crippen LogP) is 12.4. The van der Waals surface area contributed by atoms with Gasteiger partial charge in [0, 0.05) is 25.9 Å². The molecule has 1 saturated heterocycles. The van der Waals surface area contributed by atoms with Crippen molar-refractivity contribution in [1.82, 2.24) is 4.90 Å². The Morgan fingerprint density at radius 2 is 0.977 bits per heavy atom. The zero-order valence-electron chi connectivity index (χ0n) is 29.8. The summed E-state index contributed by atoms with van der Waals surface area (Å²) in [7, 11) is 2.16. The maximum absolute atomic E-state index is 11.5. The molecule has 0 saturated carbocycles. The number of nitrogens with zero attached hydrogens (tertiary/aromatic N) is 1. The van der Waals surface area contributed by atoms with Gasteiger partial charge in [0.15, 0.2) is 5.79 Å². The zero-order valence-corrected chi connectivity index (χ0v) is 29.8. The van der Waals surface area contributed by atoms with Crippen molar-refractivity contribution in [2.24, 2.45) is 0 Å². The van der Waals surface area contributed by atoms with Gasteiger partial charge in [-0.15, -0.1) is 0 Å². The molecule has 0 spiro atoms. The van der Waals surface area contributed by atoms with E-state index >= 15 is 0 Å². The van der Waals surface area contributed by atoms with Crippen molar-refractivity contribution in [2.45, 2.75) is 193 Å². The SMILES string of the molecule is CCCC/C=C\C/C=C\CCCCCCCCC(O)(CCCCCCCC/C=C\C/C=C\CCCCC)OC1CCN(C)C1.